The second-order valence-corrected chi connectivity index (χ2v) is 4.78. The zero-order valence-corrected chi connectivity index (χ0v) is 10.8. The highest BCUT2D eigenvalue weighted by atomic mass is 15.3. The summed E-state index contributed by atoms with van der Waals surface area (Å²) in [5, 5.41) is 16.4. The highest BCUT2D eigenvalue weighted by Gasteiger charge is 2.17. The van der Waals surface area contributed by atoms with E-state index in [1.54, 1.807) is 0 Å². The Morgan fingerprint density at radius 2 is 2.47 bits per heavy atom. The molecular weight excluding hydrogens is 238 g/mol. The van der Waals surface area contributed by atoms with Gasteiger partial charge in [0.2, 0.25) is 0 Å². The summed E-state index contributed by atoms with van der Waals surface area (Å²) in [6, 6.07) is 4.31. The zero-order chi connectivity index (χ0) is 13.2. The molecule has 5 nitrogen and oxygen atoms in total. The van der Waals surface area contributed by atoms with Crippen LogP contribution in [-0.4, -0.2) is 21.3 Å². The maximum Gasteiger partial charge on any atom is 0.129 e. The lowest BCUT2D eigenvalue weighted by Crippen LogP contribution is -2.04. The van der Waals surface area contributed by atoms with Crippen molar-refractivity contribution in [2.75, 3.05) is 11.9 Å². The second kappa shape index (κ2) is 4.73. The van der Waals surface area contributed by atoms with Crippen molar-refractivity contribution in [2.24, 2.45) is 0 Å². The molecule has 0 amide bonds. The molecular formula is C14H15N5. The van der Waals surface area contributed by atoms with Crippen LogP contribution in [0.1, 0.15) is 24.9 Å². The fourth-order valence-electron chi connectivity index (χ4n) is 2.42. The summed E-state index contributed by atoms with van der Waals surface area (Å²) < 4.78 is 1.85. The normalized spacial score (nSPS) is 14.5. The first-order chi connectivity index (χ1) is 9.29. The highest BCUT2D eigenvalue weighted by molar-refractivity contribution is 5.72. The van der Waals surface area contributed by atoms with Crippen LogP contribution in [0.3, 0.4) is 0 Å². The summed E-state index contributed by atoms with van der Waals surface area (Å²) in [6.07, 6.45) is 7.16. The number of fused-ring (bicyclic) bond motifs is 1. The monoisotopic (exact) mass is 253 g/mol. The van der Waals surface area contributed by atoms with E-state index in [0.29, 0.717) is 6.42 Å². The van der Waals surface area contributed by atoms with Crippen LogP contribution in [0.5, 0.6) is 0 Å². The molecule has 1 aliphatic heterocycles. The van der Waals surface area contributed by atoms with Crippen LogP contribution in [0, 0.1) is 11.3 Å². The molecule has 0 bridgehead atoms. The van der Waals surface area contributed by atoms with Crippen molar-refractivity contribution in [1.82, 2.24) is 14.8 Å². The van der Waals surface area contributed by atoms with Gasteiger partial charge in [-0.3, -0.25) is 4.68 Å². The first-order valence-corrected chi connectivity index (χ1v) is 6.43. The molecule has 2 aromatic heterocycles. The summed E-state index contributed by atoms with van der Waals surface area (Å²) in [7, 11) is 0. The number of nitrogens with one attached hydrogen (secondary N) is 1. The van der Waals surface area contributed by atoms with Crippen molar-refractivity contribution in [3.63, 3.8) is 0 Å². The summed E-state index contributed by atoms with van der Waals surface area (Å²) in [5.74, 6) is 0.982. The van der Waals surface area contributed by atoms with Crippen LogP contribution in [0.4, 0.5) is 5.82 Å². The molecule has 2 aromatic rings. The van der Waals surface area contributed by atoms with E-state index in [9.17, 15) is 0 Å². The Labute approximate surface area is 111 Å². The lowest BCUT2D eigenvalue weighted by atomic mass is 10.0. The molecule has 0 unspecified atom stereocenters. The molecule has 1 N–H and O–H groups in total. The van der Waals surface area contributed by atoms with Crippen LogP contribution >= 0.6 is 0 Å². The number of pyridine rings is 1. The Bertz CT molecular complexity index is 638. The molecule has 1 aliphatic rings. The average molecular weight is 253 g/mol. The Balaban J connectivity index is 1.96. The largest absolute Gasteiger partial charge is 0.369 e. The Morgan fingerprint density at radius 3 is 3.32 bits per heavy atom. The van der Waals surface area contributed by atoms with Crippen LogP contribution in [-0.2, 0) is 6.42 Å². The molecule has 96 valence electrons. The minimum Gasteiger partial charge on any atom is -0.369 e. The Kier molecular flexibility index (Phi) is 2.92. The molecule has 0 saturated heterocycles. The fourth-order valence-corrected chi connectivity index (χ4v) is 2.42. The minimum absolute atomic E-state index is 0.103. The summed E-state index contributed by atoms with van der Waals surface area (Å²) >= 11 is 0. The van der Waals surface area contributed by atoms with Gasteiger partial charge in [0, 0.05) is 30.1 Å². The van der Waals surface area contributed by atoms with Crippen molar-refractivity contribution in [2.45, 2.75) is 25.8 Å². The molecule has 0 aliphatic carbocycles. The lowest BCUT2D eigenvalue weighted by Gasteiger charge is -2.07. The van der Waals surface area contributed by atoms with Gasteiger partial charge in [0.05, 0.1) is 24.7 Å². The van der Waals surface area contributed by atoms with Crippen molar-refractivity contribution < 1.29 is 0 Å². The van der Waals surface area contributed by atoms with Gasteiger partial charge in [-0.25, -0.2) is 4.98 Å². The molecule has 0 spiro atoms. The van der Waals surface area contributed by atoms with Crippen molar-refractivity contribution in [3.05, 3.63) is 30.2 Å². The maximum atomic E-state index is 8.74. The minimum atomic E-state index is 0.103. The lowest BCUT2D eigenvalue weighted by molar-refractivity contribution is 0.500. The van der Waals surface area contributed by atoms with E-state index in [1.807, 2.05) is 36.3 Å². The number of hydrogen-bond acceptors (Lipinski definition) is 4. The van der Waals surface area contributed by atoms with Gasteiger partial charge in [0.1, 0.15) is 5.82 Å². The van der Waals surface area contributed by atoms with E-state index in [4.69, 9.17) is 5.26 Å². The van der Waals surface area contributed by atoms with Crippen molar-refractivity contribution >= 4 is 5.82 Å². The van der Waals surface area contributed by atoms with Gasteiger partial charge >= 0.3 is 0 Å². The molecule has 3 rings (SSSR count). The summed E-state index contributed by atoms with van der Waals surface area (Å²) in [5.41, 5.74) is 3.53. The van der Waals surface area contributed by atoms with Gasteiger partial charge in [-0.1, -0.05) is 0 Å². The molecule has 0 fully saturated rings. The Hall–Kier alpha value is -2.35. The van der Waals surface area contributed by atoms with Gasteiger partial charge in [-0.2, -0.15) is 10.4 Å². The van der Waals surface area contributed by atoms with Crippen LogP contribution in [0.25, 0.3) is 11.1 Å². The first kappa shape index (κ1) is 11.7. The SMILES string of the molecule is C[C@H](CC#N)n1cc(-c2ccnc3c2CCN3)cn1. The standard InChI is InChI=1S/C14H15N5/c1-10(2-5-15)19-9-11(8-18-19)12-3-6-16-14-13(12)4-7-17-14/h3,6,8-10H,2,4,7H2,1H3,(H,16,17)/t10-/m1/s1. The predicted molar refractivity (Wildman–Crippen MR) is 72.6 cm³/mol. The molecule has 5 heteroatoms. The molecule has 0 radical (unpaired) electrons. The van der Waals surface area contributed by atoms with E-state index in [1.165, 1.54) is 11.1 Å². The van der Waals surface area contributed by atoms with Gasteiger partial charge in [-0.05, 0) is 25.0 Å². The second-order valence-electron chi connectivity index (χ2n) is 4.78. The third-order valence-electron chi connectivity index (χ3n) is 3.47. The smallest absolute Gasteiger partial charge is 0.129 e. The maximum absolute atomic E-state index is 8.74. The van der Waals surface area contributed by atoms with E-state index in [0.717, 1.165) is 24.3 Å². The Morgan fingerprint density at radius 1 is 1.58 bits per heavy atom. The molecule has 1 atom stereocenters. The molecule has 0 aromatic carbocycles. The number of anilines is 1. The van der Waals surface area contributed by atoms with Gasteiger partial charge < -0.3 is 5.32 Å². The van der Waals surface area contributed by atoms with Gasteiger partial charge in [0.25, 0.3) is 0 Å². The number of hydrogen-bond donors (Lipinski definition) is 1. The molecule has 0 saturated carbocycles. The number of nitriles is 1. The predicted octanol–water partition coefficient (Wildman–Crippen LogP) is 2.39. The highest BCUT2D eigenvalue weighted by Crippen LogP contribution is 2.31. The van der Waals surface area contributed by atoms with E-state index < -0.39 is 0 Å². The third kappa shape index (κ3) is 2.06. The first-order valence-electron chi connectivity index (χ1n) is 6.43. The van der Waals surface area contributed by atoms with Crippen molar-refractivity contribution in [3.8, 4) is 17.2 Å². The fraction of sp³-hybridized carbons (Fsp3) is 0.357. The third-order valence-corrected chi connectivity index (χ3v) is 3.47. The van der Waals surface area contributed by atoms with E-state index in [-0.39, 0.29) is 6.04 Å². The average Bonchev–Trinajstić information content (AvgIpc) is 3.07. The van der Waals surface area contributed by atoms with E-state index >= 15 is 0 Å². The van der Waals surface area contributed by atoms with Gasteiger partial charge in [-0.15, -0.1) is 0 Å². The molecule has 19 heavy (non-hydrogen) atoms. The van der Waals surface area contributed by atoms with Crippen LogP contribution in [0.15, 0.2) is 24.7 Å². The number of nitrogens with zero attached hydrogens (tertiary/aromatic N) is 4. The van der Waals surface area contributed by atoms with Gasteiger partial charge in [0.15, 0.2) is 0 Å². The summed E-state index contributed by atoms with van der Waals surface area (Å²) in [4.78, 5) is 4.34. The quantitative estimate of drug-likeness (QED) is 0.912. The van der Waals surface area contributed by atoms with Crippen molar-refractivity contribution in [1.29, 1.82) is 5.26 Å². The number of aromatic nitrogens is 3. The van der Waals surface area contributed by atoms with Crippen LogP contribution < -0.4 is 5.32 Å². The number of rotatable bonds is 3. The summed E-state index contributed by atoms with van der Waals surface area (Å²) in [6.45, 7) is 2.94. The molecule has 3 heterocycles. The topological polar surface area (TPSA) is 66.5 Å². The van der Waals surface area contributed by atoms with Crippen LogP contribution in [0.2, 0.25) is 0 Å². The van der Waals surface area contributed by atoms with E-state index in [2.05, 4.69) is 21.5 Å². The zero-order valence-electron chi connectivity index (χ0n) is 10.8.